The standard InChI is InChI=1S/C26H35N3O2/c1-25-12-10-19(29-31-24(30)27-3)15-18(25)6-7-20-22-9-8-21(17-5-4-14-28-16-17)26(22,2)13-11-23(20)25/h4-5,8,14-16,19-20,22-23,29H,6-7,9-13H2,1-3H3,(H,27,30)/t19?,20-,22+,23+,25+,26-/m1/s1. The van der Waals surface area contributed by atoms with Gasteiger partial charge in [-0.1, -0.05) is 37.6 Å². The van der Waals surface area contributed by atoms with E-state index in [9.17, 15) is 4.79 Å². The Morgan fingerprint density at radius 1 is 1.16 bits per heavy atom. The Labute approximate surface area is 185 Å². The largest absolute Gasteiger partial charge is 0.425 e. The van der Waals surface area contributed by atoms with Crippen LogP contribution >= 0.6 is 0 Å². The van der Waals surface area contributed by atoms with E-state index in [1.807, 2.05) is 12.4 Å². The van der Waals surface area contributed by atoms with Crippen molar-refractivity contribution in [1.29, 1.82) is 0 Å². The molecule has 5 heteroatoms. The summed E-state index contributed by atoms with van der Waals surface area (Å²) >= 11 is 0. The van der Waals surface area contributed by atoms with E-state index in [1.165, 1.54) is 49.7 Å². The third-order valence-corrected chi connectivity index (χ3v) is 9.17. The van der Waals surface area contributed by atoms with Crippen molar-refractivity contribution >= 4 is 11.7 Å². The molecule has 0 saturated heterocycles. The van der Waals surface area contributed by atoms with E-state index < -0.39 is 6.09 Å². The minimum absolute atomic E-state index is 0.121. The van der Waals surface area contributed by atoms with Crippen molar-refractivity contribution in [2.45, 2.75) is 64.8 Å². The highest BCUT2D eigenvalue weighted by molar-refractivity contribution is 5.72. The van der Waals surface area contributed by atoms with Crippen LogP contribution in [0.4, 0.5) is 4.79 Å². The Hall–Kier alpha value is -2.14. The molecule has 2 N–H and O–H groups in total. The van der Waals surface area contributed by atoms with Crippen molar-refractivity contribution in [2.24, 2.45) is 28.6 Å². The number of aromatic nitrogens is 1. The van der Waals surface area contributed by atoms with Crippen LogP contribution in [0.5, 0.6) is 0 Å². The second-order valence-corrected chi connectivity index (χ2v) is 10.5. The lowest BCUT2D eigenvalue weighted by Gasteiger charge is -2.58. The molecule has 0 aromatic carbocycles. The maximum absolute atomic E-state index is 11.4. The van der Waals surface area contributed by atoms with Gasteiger partial charge in [0.05, 0.1) is 6.04 Å². The van der Waals surface area contributed by atoms with Gasteiger partial charge >= 0.3 is 6.09 Å². The molecule has 0 aliphatic heterocycles. The van der Waals surface area contributed by atoms with Gasteiger partial charge in [-0.25, -0.2) is 4.79 Å². The monoisotopic (exact) mass is 421 g/mol. The fourth-order valence-corrected chi connectivity index (χ4v) is 7.54. The van der Waals surface area contributed by atoms with Crippen molar-refractivity contribution < 1.29 is 9.63 Å². The van der Waals surface area contributed by atoms with Gasteiger partial charge in [0.1, 0.15) is 0 Å². The van der Waals surface area contributed by atoms with Crippen LogP contribution in [0.1, 0.15) is 64.4 Å². The van der Waals surface area contributed by atoms with Crippen LogP contribution in [0, 0.1) is 28.6 Å². The molecule has 1 aromatic rings. The zero-order valence-corrected chi connectivity index (χ0v) is 19.0. The molecule has 166 valence electrons. The van der Waals surface area contributed by atoms with E-state index in [4.69, 9.17) is 4.84 Å². The molecule has 2 fully saturated rings. The minimum Gasteiger partial charge on any atom is -0.353 e. The summed E-state index contributed by atoms with van der Waals surface area (Å²) in [6.45, 7) is 5.03. The van der Waals surface area contributed by atoms with Crippen molar-refractivity contribution in [3.05, 3.63) is 47.8 Å². The Morgan fingerprint density at radius 3 is 2.77 bits per heavy atom. The van der Waals surface area contributed by atoms with E-state index in [2.05, 4.69) is 53.9 Å². The Morgan fingerprint density at radius 2 is 2.00 bits per heavy atom. The van der Waals surface area contributed by atoms with Gasteiger partial charge in [0, 0.05) is 19.4 Å². The van der Waals surface area contributed by atoms with E-state index in [0.29, 0.717) is 0 Å². The number of carbonyl (C=O) groups excluding carboxylic acids is 1. The fraction of sp³-hybridized carbons (Fsp3) is 0.615. The second-order valence-electron chi connectivity index (χ2n) is 10.5. The quantitative estimate of drug-likeness (QED) is 0.516. The summed E-state index contributed by atoms with van der Waals surface area (Å²) in [5.41, 5.74) is 7.96. The smallest absolute Gasteiger partial charge is 0.353 e. The van der Waals surface area contributed by atoms with Crippen molar-refractivity contribution in [3.8, 4) is 0 Å². The predicted octanol–water partition coefficient (Wildman–Crippen LogP) is 5.27. The number of rotatable bonds is 3. The van der Waals surface area contributed by atoms with Gasteiger partial charge < -0.3 is 10.2 Å². The lowest BCUT2D eigenvalue weighted by atomic mass is 9.46. The molecule has 6 atom stereocenters. The summed E-state index contributed by atoms with van der Waals surface area (Å²) in [6.07, 6.45) is 16.8. The van der Waals surface area contributed by atoms with Crippen LogP contribution in [0.2, 0.25) is 0 Å². The van der Waals surface area contributed by atoms with Crippen LogP contribution in [0.25, 0.3) is 5.57 Å². The predicted molar refractivity (Wildman–Crippen MR) is 122 cm³/mol. The maximum atomic E-state index is 11.4. The lowest BCUT2D eigenvalue weighted by molar-refractivity contribution is -0.0264. The van der Waals surface area contributed by atoms with Crippen LogP contribution in [0.15, 0.2) is 42.3 Å². The molecule has 31 heavy (non-hydrogen) atoms. The first-order valence-electron chi connectivity index (χ1n) is 11.9. The Balaban J connectivity index is 1.35. The summed E-state index contributed by atoms with van der Waals surface area (Å²) in [5, 5.41) is 2.49. The van der Waals surface area contributed by atoms with Crippen LogP contribution < -0.4 is 10.8 Å². The molecule has 4 aliphatic carbocycles. The second kappa shape index (κ2) is 7.77. The first kappa shape index (κ1) is 20.7. The molecular weight excluding hydrogens is 386 g/mol. The number of nitrogens with one attached hydrogen (secondary N) is 2. The average Bonchev–Trinajstić information content (AvgIpc) is 3.15. The number of nitrogens with zero attached hydrogens (tertiary/aromatic N) is 1. The Bertz CT molecular complexity index is 910. The zero-order chi connectivity index (χ0) is 21.6. The van der Waals surface area contributed by atoms with Gasteiger partial charge in [0.25, 0.3) is 0 Å². The molecule has 0 radical (unpaired) electrons. The minimum atomic E-state index is -0.430. The molecule has 1 amide bonds. The third kappa shape index (κ3) is 3.32. The molecule has 1 heterocycles. The lowest BCUT2D eigenvalue weighted by Crippen LogP contribution is -2.51. The molecule has 2 saturated carbocycles. The van der Waals surface area contributed by atoms with E-state index >= 15 is 0 Å². The summed E-state index contributed by atoms with van der Waals surface area (Å²) in [7, 11) is 1.58. The Kier molecular flexibility index (Phi) is 5.20. The number of allylic oxidation sites excluding steroid dienone is 3. The van der Waals surface area contributed by atoms with Crippen molar-refractivity contribution in [1.82, 2.24) is 15.8 Å². The molecule has 5 nitrogen and oxygen atoms in total. The van der Waals surface area contributed by atoms with Crippen LogP contribution in [0.3, 0.4) is 0 Å². The summed E-state index contributed by atoms with van der Waals surface area (Å²) < 4.78 is 0. The van der Waals surface area contributed by atoms with E-state index in [1.54, 1.807) is 12.6 Å². The topological polar surface area (TPSA) is 63.2 Å². The first-order valence-corrected chi connectivity index (χ1v) is 11.9. The molecule has 1 unspecified atom stereocenters. The fourth-order valence-electron chi connectivity index (χ4n) is 7.54. The molecule has 0 spiro atoms. The molecule has 4 aliphatic rings. The van der Waals surface area contributed by atoms with Gasteiger partial charge in [-0.3, -0.25) is 4.98 Å². The molecule has 1 aromatic heterocycles. The number of hydroxylamine groups is 1. The number of hydrogen-bond acceptors (Lipinski definition) is 4. The van der Waals surface area contributed by atoms with Gasteiger partial charge in [-0.15, -0.1) is 5.48 Å². The number of hydrogen-bond donors (Lipinski definition) is 2. The number of fused-ring (bicyclic) bond motifs is 5. The van der Waals surface area contributed by atoms with Gasteiger partial charge in [-0.2, -0.15) is 0 Å². The molecule has 0 bridgehead atoms. The summed E-state index contributed by atoms with van der Waals surface area (Å²) in [4.78, 5) is 20.9. The summed E-state index contributed by atoms with van der Waals surface area (Å²) in [6, 6.07) is 4.42. The van der Waals surface area contributed by atoms with Crippen LogP contribution in [-0.4, -0.2) is 24.2 Å². The molecular formula is C26H35N3O2. The highest BCUT2D eigenvalue weighted by Crippen LogP contribution is 2.66. The van der Waals surface area contributed by atoms with E-state index in [0.717, 1.165) is 24.2 Å². The molecule has 5 rings (SSSR count). The average molecular weight is 422 g/mol. The van der Waals surface area contributed by atoms with Gasteiger partial charge in [-0.05, 0) is 90.7 Å². The van der Waals surface area contributed by atoms with Gasteiger partial charge in [0.15, 0.2) is 0 Å². The van der Waals surface area contributed by atoms with Crippen molar-refractivity contribution in [3.63, 3.8) is 0 Å². The maximum Gasteiger partial charge on any atom is 0.425 e. The number of amides is 1. The zero-order valence-electron chi connectivity index (χ0n) is 19.0. The highest BCUT2D eigenvalue weighted by Gasteiger charge is 2.57. The number of pyridine rings is 1. The highest BCUT2D eigenvalue weighted by atomic mass is 16.7. The van der Waals surface area contributed by atoms with E-state index in [-0.39, 0.29) is 16.9 Å². The number of carbonyl (C=O) groups is 1. The normalized spacial score (nSPS) is 38.8. The first-order chi connectivity index (χ1) is 15.0. The van der Waals surface area contributed by atoms with Crippen molar-refractivity contribution in [2.75, 3.05) is 7.05 Å². The third-order valence-electron chi connectivity index (χ3n) is 9.17. The van der Waals surface area contributed by atoms with Gasteiger partial charge in [0.2, 0.25) is 0 Å². The van der Waals surface area contributed by atoms with Crippen LogP contribution in [-0.2, 0) is 4.84 Å². The SMILES string of the molecule is CNC(=O)ONC1C=C2CC[C@H]3[C@H](CC[C@]4(C)C(c5cccnc5)=CC[C@@H]34)[C@@]2(C)CC1. The summed E-state index contributed by atoms with van der Waals surface area (Å²) in [5.74, 6) is 2.29.